The number of nitrogens with zero attached hydrogens (tertiary/aromatic N) is 3. The Bertz CT molecular complexity index is 796. The van der Waals surface area contributed by atoms with Gasteiger partial charge in [-0.3, -0.25) is 9.78 Å². The highest BCUT2D eigenvalue weighted by Crippen LogP contribution is 2.28. The van der Waals surface area contributed by atoms with E-state index < -0.39 is 0 Å². The van der Waals surface area contributed by atoms with Crippen LogP contribution >= 0.6 is 0 Å². The van der Waals surface area contributed by atoms with Crippen LogP contribution in [-0.4, -0.2) is 48.0 Å². The van der Waals surface area contributed by atoms with Crippen molar-refractivity contribution in [2.45, 2.75) is 26.3 Å². The second kappa shape index (κ2) is 6.39. The van der Waals surface area contributed by atoms with Crippen LogP contribution in [0.25, 0.3) is 0 Å². The molecule has 0 aliphatic carbocycles. The first-order chi connectivity index (χ1) is 12.1. The molecule has 1 aromatic carbocycles. The highest BCUT2D eigenvalue weighted by Gasteiger charge is 2.31. The Labute approximate surface area is 148 Å². The molecule has 5 nitrogen and oxygen atoms in total. The summed E-state index contributed by atoms with van der Waals surface area (Å²) in [5.74, 6) is 0.222. The molecule has 0 bridgehead atoms. The molecule has 1 atom stereocenters. The van der Waals surface area contributed by atoms with Gasteiger partial charge in [0, 0.05) is 55.9 Å². The van der Waals surface area contributed by atoms with Gasteiger partial charge in [0.2, 0.25) is 5.91 Å². The number of nitrogens with one attached hydrogen (secondary N) is 1. The SMILES string of the molecule is Cc1ccc2c(c1)CC(C(=O)N1CCN(c3ccnc(C)c3)CC1)N2. The quantitative estimate of drug-likeness (QED) is 0.915. The molecular weight excluding hydrogens is 312 g/mol. The molecule has 1 amide bonds. The highest BCUT2D eigenvalue weighted by molar-refractivity contribution is 5.87. The lowest BCUT2D eigenvalue weighted by Gasteiger charge is -2.37. The van der Waals surface area contributed by atoms with E-state index in [2.05, 4.69) is 46.4 Å². The van der Waals surface area contributed by atoms with E-state index in [1.54, 1.807) is 0 Å². The molecular formula is C20H24N4O. The number of aryl methyl sites for hydroxylation is 2. The van der Waals surface area contributed by atoms with E-state index in [0.29, 0.717) is 0 Å². The summed E-state index contributed by atoms with van der Waals surface area (Å²) < 4.78 is 0. The number of carbonyl (C=O) groups is 1. The van der Waals surface area contributed by atoms with Crippen molar-refractivity contribution in [3.8, 4) is 0 Å². The molecule has 2 aliphatic heterocycles. The number of anilines is 2. The number of piperazine rings is 1. The molecule has 3 heterocycles. The van der Waals surface area contributed by atoms with Crippen LogP contribution in [0.5, 0.6) is 0 Å². The van der Waals surface area contributed by atoms with Crippen molar-refractivity contribution in [3.05, 3.63) is 53.3 Å². The van der Waals surface area contributed by atoms with Gasteiger partial charge in [0.25, 0.3) is 0 Å². The third-order valence-corrected chi connectivity index (χ3v) is 5.15. The topological polar surface area (TPSA) is 48.5 Å². The minimum absolute atomic E-state index is 0.119. The zero-order valence-electron chi connectivity index (χ0n) is 14.8. The molecule has 2 aromatic rings. The van der Waals surface area contributed by atoms with Crippen molar-refractivity contribution in [3.63, 3.8) is 0 Å². The van der Waals surface area contributed by atoms with Crippen LogP contribution in [0.3, 0.4) is 0 Å². The summed E-state index contributed by atoms with van der Waals surface area (Å²) in [7, 11) is 0. The van der Waals surface area contributed by atoms with Gasteiger partial charge in [-0.05, 0) is 37.6 Å². The Balaban J connectivity index is 1.37. The maximum atomic E-state index is 12.9. The number of pyridine rings is 1. The molecule has 1 aromatic heterocycles. The van der Waals surface area contributed by atoms with Crippen molar-refractivity contribution < 1.29 is 4.79 Å². The first kappa shape index (κ1) is 15.9. The van der Waals surface area contributed by atoms with E-state index in [1.807, 2.05) is 24.1 Å². The summed E-state index contributed by atoms with van der Waals surface area (Å²) in [5, 5.41) is 3.40. The molecule has 0 spiro atoms. The zero-order valence-corrected chi connectivity index (χ0v) is 14.8. The predicted octanol–water partition coefficient (Wildman–Crippen LogP) is 2.38. The van der Waals surface area contributed by atoms with E-state index in [4.69, 9.17) is 0 Å². The number of aromatic nitrogens is 1. The van der Waals surface area contributed by atoms with Crippen LogP contribution in [-0.2, 0) is 11.2 Å². The van der Waals surface area contributed by atoms with Crippen LogP contribution in [0.4, 0.5) is 11.4 Å². The summed E-state index contributed by atoms with van der Waals surface area (Å²) in [5.41, 5.74) is 5.83. The van der Waals surface area contributed by atoms with Gasteiger partial charge in [0.05, 0.1) is 0 Å². The zero-order chi connectivity index (χ0) is 17.4. The number of hydrogen-bond acceptors (Lipinski definition) is 4. The Hall–Kier alpha value is -2.56. The highest BCUT2D eigenvalue weighted by atomic mass is 16.2. The van der Waals surface area contributed by atoms with Gasteiger partial charge in [-0.15, -0.1) is 0 Å². The average Bonchev–Trinajstić information content (AvgIpc) is 3.04. The lowest BCUT2D eigenvalue weighted by atomic mass is 10.1. The van der Waals surface area contributed by atoms with Gasteiger partial charge in [-0.1, -0.05) is 17.7 Å². The predicted molar refractivity (Wildman–Crippen MR) is 100 cm³/mol. The summed E-state index contributed by atoms with van der Waals surface area (Å²) in [6, 6.07) is 10.4. The Morgan fingerprint density at radius 3 is 2.68 bits per heavy atom. The molecule has 25 heavy (non-hydrogen) atoms. The lowest BCUT2D eigenvalue weighted by molar-refractivity contribution is -0.132. The number of hydrogen-bond donors (Lipinski definition) is 1. The number of rotatable bonds is 2. The smallest absolute Gasteiger partial charge is 0.245 e. The van der Waals surface area contributed by atoms with Crippen molar-refractivity contribution in [1.82, 2.24) is 9.88 Å². The van der Waals surface area contributed by atoms with Crippen LogP contribution in [0.2, 0.25) is 0 Å². The molecule has 1 fully saturated rings. The van der Waals surface area contributed by atoms with Gasteiger partial charge in [-0.25, -0.2) is 0 Å². The first-order valence-corrected chi connectivity index (χ1v) is 8.92. The third kappa shape index (κ3) is 3.18. The second-order valence-corrected chi connectivity index (χ2v) is 7.03. The van der Waals surface area contributed by atoms with E-state index in [-0.39, 0.29) is 11.9 Å². The molecule has 1 N–H and O–H groups in total. The minimum atomic E-state index is -0.119. The first-order valence-electron chi connectivity index (χ1n) is 8.92. The van der Waals surface area contributed by atoms with E-state index in [9.17, 15) is 4.79 Å². The fraction of sp³-hybridized carbons (Fsp3) is 0.400. The molecule has 0 radical (unpaired) electrons. The lowest BCUT2D eigenvalue weighted by Crippen LogP contribution is -2.52. The van der Waals surface area contributed by atoms with Crippen LogP contribution < -0.4 is 10.2 Å². The molecule has 5 heteroatoms. The molecule has 2 aliphatic rings. The van der Waals surface area contributed by atoms with Gasteiger partial charge >= 0.3 is 0 Å². The third-order valence-electron chi connectivity index (χ3n) is 5.15. The Kier molecular flexibility index (Phi) is 4.07. The van der Waals surface area contributed by atoms with E-state index >= 15 is 0 Å². The summed E-state index contributed by atoms with van der Waals surface area (Å²) in [4.78, 5) is 21.5. The van der Waals surface area contributed by atoms with Gasteiger partial charge in [-0.2, -0.15) is 0 Å². The normalized spacial score (nSPS) is 19.5. The number of benzene rings is 1. The Morgan fingerprint density at radius 2 is 1.92 bits per heavy atom. The monoisotopic (exact) mass is 336 g/mol. The Morgan fingerprint density at radius 1 is 1.12 bits per heavy atom. The van der Waals surface area contributed by atoms with Crippen molar-refractivity contribution in [1.29, 1.82) is 0 Å². The van der Waals surface area contributed by atoms with Crippen LogP contribution in [0.1, 0.15) is 16.8 Å². The number of amides is 1. The van der Waals surface area contributed by atoms with Crippen molar-refractivity contribution in [2.75, 3.05) is 36.4 Å². The second-order valence-electron chi connectivity index (χ2n) is 7.03. The summed E-state index contributed by atoms with van der Waals surface area (Å²) >= 11 is 0. The summed E-state index contributed by atoms with van der Waals surface area (Å²) in [6.45, 7) is 7.38. The van der Waals surface area contributed by atoms with Crippen LogP contribution in [0, 0.1) is 13.8 Å². The molecule has 0 saturated carbocycles. The fourth-order valence-corrected chi connectivity index (χ4v) is 3.77. The number of fused-ring (bicyclic) bond motifs is 1. The molecule has 1 unspecified atom stereocenters. The largest absolute Gasteiger partial charge is 0.373 e. The molecule has 4 rings (SSSR count). The van der Waals surface area contributed by atoms with Crippen LogP contribution in [0.15, 0.2) is 36.5 Å². The van der Waals surface area contributed by atoms with Crippen molar-refractivity contribution >= 4 is 17.3 Å². The maximum Gasteiger partial charge on any atom is 0.245 e. The number of carbonyl (C=O) groups excluding carboxylic acids is 1. The van der Waals surface area contributed by atoms with E-state index in [1.165, 1.54) is 16.8 Å². The van der Waals surface area contributed by atoms with Crippen molar-refractivity contribution in [2.24, 2.45) is 0 Å². The van der Waals surface area contributed by atoms with Gasteiger partial charge in [0.1, 0.15) is 6.04 Å². The minimum Gasteiger partial charge on any atom is -0.373 e. The van der Waals surface area contributed by atoms with Gasteiger partial charge in [0.15, 0.2) is 0 Å². The summed E-state index contributed by atoms with van der Waals surface area (Å²) in [6.07, 6.45) is 2.64. The molecule has 1 saturated heterocycles. The maximum absolute atomic E-state index is 12.9. The fourth-order valence-electron chi connectivity index (χ4n) is 3.77. The standard InChI is InChI=1S/C20H24N4O/c1-14-3-4-18-16(11-14)13-19(22-18)20(25)24-9-7-23(8-10-24)17-5-6-21-15(2)12-17/h3-6,11-12,19,22H,7-10,13H2,1-2H3. The van der Waals surface area contributed by atoms with E-state index in [0.717, 1.165) is 44.0 Å². The molecule has 130 valence electrons. The van der Waals surface area contributed by atoms with Gasteiger partial charge < -0.3 is 15.1 Å². The average molecular weight is 336 g/mol.